The summed E-state index contributed by atoms with van der Waals surface area (Å²) in [6.45, 7) is 0.925. The van der Waals surface area contributed by atoms with E-state index in [1.165, 1.54) is 0 Å². The quantitative estimate of drug-likeness (QED) is 0.857. The molecule has 2 heterocycles. The number of nitrogens with one attached hydrogen (secondary N) is 1. The third-order valence-corrected chi connectivity index (χ3v) is 3.43. The molecule has 0 amide bonds. The highest BCUT2D eigenvalue weighted by molar-refractivity contribution is 5.82. The summed E-state index contributed by atoms with van der Waals surface area (Å²) >= 11 is 0. The van der Waals surface area contributed by atoms with Crippen molar-refractivity contribution in [1.29, 1.82) is 0 Å². The SMILES string of the molecule is FC(c1cccc2ncccc12)C1CCCN1. The van der Waals surface area contributed by atoms with E-state index < -0.39 is 6.17 Å². The molecule has 3 heteroatoms. The fraction of sp³-hybridized carbons (Fsp3) is 0.357. The summed E-state index contributed by atoms with van der Waals surface area (Å²) in [5.41, 5.74) is 1.63. The van der Waals surface area contributed by atoms with Gasteiger partial charge < -0.3 is 5.32 Å². The number of halogens is 1. The van der Waals surface area contributed by atoms with Crippen molar-refractivity contribution in [3.8, 4) is 0 Å². The first kappa shape index (κ1) is 10.7. The maximum absolute atomic E-state index is 14.5. The van der Waals surface area contributed by atoms with E-state index in [0.717, 1.165) is 35.9 Å². The average molecular weight is 230 g/mol. The van der Waals surface area contributed by atoms with E-state index in [1.54, 1.807) is 6.20 Å². The van der Waals surface area contributed by atoms with E-state index >= 15 is 0 Å². The van der Waals surface area contributed by atoms with Gasteiger partial charge in [-0.25, -0.2) is 4.39 Å². The Morgan fingerprint density at radius 2 is 2.24 bits per heavy atom. The van der Waals surface area contributed by atoms with Gasteiger partial charge in [-0.2, -0.15) is 0 Å². The number of fused-ring (bicyclic) bond motifs is 1. The van der Waals surface area contributed by atoms with Crippen LogP contribution in [0.25, 0.3) is 10.9 Å². The van der Waals surface area contributed by atoms with Gasteiger partial charge in [0.05, 0.1) is 5.52 Å². The molecule has 3 rings (SSSR count). The topological polar surface area (TPSA) is 24.9 Å². The molecular formula is C14H15FN2. The molecule has 2 unspecified atom stereocenters. The van der Waals surface area contributed by atoms with Crippen LogP contribution in [0.5, 0.6) is 0 Å². The molecule has 1 aliphatic rings. The first-order valence-corrected chi connectivity index (χ1v) is 6.07. The Labute approximate surface area is 99.9 Å². The molecule has 17 heavy (non-hydrogen) atoms. The van der Waals surface area contributed by atoms with Gasteiger partial charge in [0.2, 0.25) is 0 Å². The Bertz CT molecular complexity index is 515. The molecule has 1 N–H and O–H groups in total. The molecule has 0 radical (unpaired) electrons. The minimum absolute atomic E-state index is 0.0409. The third kappa shape index (κ3) is 1.91. The van der Waals surface area contributed by atoms with E-state index in [-0.39, 0.29) is 6.04 Å². The summed E-state index contributed by atoms with van der Waals surface area (Å²) in [7, 11) is 0. The Balaban J connectivity index is 2.04. The van der Waals surface area contributed by atoms with Crippen LogP contribution < -0.4 is 5.32 Å². The maximum Gasteiger partial charge on any atom is 0.141 e. The van der Waals surface area contributed by atoms with Crippen LogP contribution in [0.3, 0.4) is 0 Å². The first-order chi connectivity index (χ1) is 8.36. The van der Waals surface area contributed by atoms with Gasteiger partial charge >= 0.3 is 0 Å². The lowest BCUT2D eigenvalue weighted by molar-refractivity contribution is 0.273. The largest absolute Gasteiger partial charge is 0.311 e. The van der Waals surface area contributed by atoms with E-state index in [1.807, 2.05) is 30.3 Å². The fourth-order valence-corrected chi connectivity index (χ4v) is 2.55. The number of aromatic nitrogens is 1. The van der Waals surface area contributed by atoms with Gasteiger partial charge in [0.1, 0.15) is 6.17 Å². The van der Waals surface area contributed by atoms with Gasteiger partial charge in [-0.15, -0.1) is 0 Å². The molecule has 1 aliphatic heterocycles. The molecule has 2 atom stereocenters. The van der Waals surface area contributed by atoms with Crippen molar-refractivity contribution in [2.24, 2.45) is 0 Å². The highest BCUT2D eigenvalue weighted by Gasteiger charge is 2.26. The normalized spacial score (nSPS) is 21.8. The summed E-state index contributed by atoms with van der Waals surface area (Å²) in [6.07, 6.45) is 2.78. The van der Waals surface area contributed by atoms with Crippen LogP contribution in [-0.4, -0.2) is 17.6 Å². The number of alkyl halides is 1. The molecule has 0 aliphatic carbocycles. The molecule has 1 saturated heterocycles. The lowest BCUT2D eigenvalue weighted by Gasteiger charge is -2.17. The number of hydrogen-bond donors (Lipinski definition) is 1. The number of rotatable bonds is 2. The summed E-state index contributed by atoms with van der Waals surface area (Å²) in [4.78, 5) is 4.26. The molecule has 0 saturated carbocycles. The molecule has 1 aromatic carbocycles. The van der Waals surface area contributed by atoms with Crippen molar-refractivity contribution in [2.45, 2.75) is 25.1 Å². The van der Waals surface area contributed by atoms with Crippen molar-refractivity contribution in [2.75, 3.05) is 6.54 Å². The van der Waals surface area contributed by atoms with Crippen molar-refractivity contribution in [3.63, 3.8) is 0 Å². The highest BCUT2D eigenvalue weighted by atomic mass is 19.1. The zero-order valence-electron chi connectivity index (χ0n) is 9.57. The van der Waals surface area contributed by atoms with Crippen LogP contribution in [-0.2, 0) is 0 Å². The van der Waals surface area contributed by atoms with Crippen LogP contribution in [0.2, 0.25) is 0 Å². The van der Waals surface area contributed by atoms with E-state index in [2.05, 4.69) is 10.3 Å². The maximum atomic E-state index is 14.5. The smallest absolute Gasteiger partial charge is 0.141 e. The molecule has 1 aromatic heterocycles. The van der Waals surface area contributed by atoms with E-state index in [9.17, 15) is 4.39 Å². The van der Waals surface area contributed by atoms with Crippen molar-refractivity contribution >= 4 is 10.9 Å². The monoisotopic (exact) mass is 230 g/mol. The second-order valence-electron chi connectivity index (χ2n) is 4.52. The van der Waals surface area contributed by atoms with Gasteiger partial charge in [-0.3, -0.25) is 4.98 Å². The van der Waals surface area contributed by atoms with Crippen molar-refractivity contribution < 1.29 is 4.39 Å². The van der Waals surface area contributed by atoms with Gasteiger partial charge in [0.25, 0.3) is 0 Å². The number of benzene rings is 1. The molecule has 2 nitrogen and oxygen atoms in total. The summed E-state index contributed by atoms with van der Waals surface area (Å²) in [6, 6.07) is 9.44. The fourth-order valence-electron chi connectivity index (χ4n) is 2.55. The predicted octanol–water partition coefficient (Wildman–Crippen LogP) is 3.00. The standard InChI is InChI=1S/C14H15FN2/c15-14(13-7-3-9-17-13)11-4-1-6-12-10(11)5-2-8-16-12/h1-2,4-6,8,13-14,17H,3,7,9H2. The van der Waals surface area contributed by atoms with Crippen molar-refractivity contribution in [3.05, 3.63) is 42.1 Å². The zero-order valence-corrected chi connectivity index (χ0v) is 9.57. The predicted molar refractivity (Wildman–Crippen MR) is 66.6 cm³/mol. The Morgan fingerprint density at radius 1 is 1.29 bits per heavy atom. The summed E-state index contributed by atoms with van der Waals surface area (Å²) in [5, 5.41) is 4.15. The van der Waals surface area contributed by atoms with Gasteiger partial charge in [-0.1, -0.05) is 18.2 Å². The molecule has 88 valence electrons. The third-order valence-electron chi connectivity index (χ3n) is 3.43. The van der Waals surface area contributed by atoms with Gasteiger partial charge in [0.15, 0.2) is 0 Å². The van der Waals surface area contributed by atoms with Crippen molar-refractivity contribution in [1.82, 2.24) is 10.3 Å². The number of pyridine rings is 1. The molecule has 0 bridgehead atoms. The number of hydrogen-bond acceptors (Lipinski definition) is 2. The van der Waals surface area contributed by atoms with E-state index in [4.69, 9.17) is 0 Å². The van der Waals surface area contributed by atoms with Crippen LogP contribution in [0, 0.1) is 0 Å². The van der Waals surface area contributed by atoms with E-state index in [0.29, 0.717) is 0 Å². The second-order valence-corrected chi connectivity index (χ2v) is 4.52. The summed E-state index contributed by atoms with van der Waals surface area (Å²) in [5.74, 6) is 0. The minimum Gasteiger partial charge on any atom is -0.311 e. The molecular weight excluding hydrogens is 215 g/mol. The molecule has 0 spiro atoms. The Morgan fingerprint density at radius 3 is 3.06 bits per heavy atom. The lowest BCUT2D eigenvalue weighted by atomic mass is 9.98. The molecule has 1 fully saturated rings. The minimum atomic E-state index is -0.939. The van der Waals surface area contributed by atoms with Crippen LogP contribution in [0.1, 0.15) is 24.6 Å². The average Bonchev–Trinajstić information content (AvgIpc) is 2.91. The highest BCUT2D eigenvalue weighted by Crippen LogP contribution is 2.31. The van der Waals surface area contributed by atoms with Gasteiger partial charge in [-0.05, 0) is 37.1 Å². The van der Waals surface area contributed by atoms with Gasteiger partial charge in [0, 0.05) is 17.6 Å². The van der Waals surface area contributed by atoms with Crippen LogP contribution in [0.4, 0.5) is 4.39 Å². The molecule has 2 aromatic rings. The Kier molecular flexibility index (Phi) is 2.77. The van der Waals surface area contributed by atoms with Crippen LogP contribution >= 0.6 is 0 Å². The first-order valence-electron chi connectivity index (χ1n) is 6.07. The zero-order chi connectivity index (χ0) is 11.7. The summed E-state index contributed by atoms with van der Waals surface area (Å²) < 4.78 is 14.5. The Hall–Kier alpha value is -1.48. The number of nitrogens with zero attached hydrogens (tertiary/aromatic N) is 1. The second kappa shape index (κ2) is 4.41. The lowest BCUT2D eigenvalue weighted by Crippen LogP contribution is -2.26. The van der Waals surface area contributed by atoms with Crippen LogP contribution in [0.15, 0.2) is 36.5 Å².